The Morgan fingerprint density at radius 1 is 0.912 bits per heavy atom. The zero-order valence-electron chi connectivity index (χ0n) is 18.9. The van der Waals surface area contributed by atoms with Gasteiger partial charge in [-0.25, -0.2) is 0 Å². The maximum absolute atomic E-state index is 13.9. The zero-order chi connectivity index (χ0) is 23.8. The standard InChI is InChI=1S/C26H23N3O2S3/c1-3-16-28-23(30)22(34-26(28)32)25-29(18-11-6-5-7-12-18)24(31)21(33-25)20-15-14-17-10-8-9-13-19(17)27(20)4-2/h5-15H,3-4,16H2,1-2H3. The number of hydrogen-bond acceptors (Lipinski definition) is 6. The molecular formula is C26H23N3O2S3. The third-order valence-corrected chi connectivity index (χ3v) is 8.53. The Balaban J connectivity index is 1.84. The Labute approximate surface area is 211 Å². The van der Waals surface area contributed by atoms with Crippen LogP contribution in [-0.2, 0) is 4.79 Å². The lowest BCUT2D eigenvalue weighted by atomic mass is 10.1. The van der Waals surface area contributed by atoms with E-state index in [1.165, 1.54) is 23.1 Å². The summed E-state index contributed by atoms with van der Waals surface area (Å²) in [6, 6.07) is 17.6. The largest absolute Gasteiger partial charge is 0.340 e. The summed E-state index contributed by atoms with van der Waals surface area (Å²) in [4.78, 5) is 31.5. The minimum atomic E-state index is -0.135. The Kier molecular flexibility index (Phi) is 6.29. The number of carbonyl (C=O) groups is 1. The first-order chi connectivity index (χ1) is 16.5. The summed E-state index contributed by atoms with van der Waals surface area (Å²) in [7, 11) is 0. The van der Waals surface area contributed by atoms with Crippen LogP contribution in [0.3, 0.4) is 0 Å². The van der Waals surface area contributed by atoms with Crippen LogP contribution in [0.5, 0.6) is 0 Å². The van der Waals surface area contributed by atoms with Gasteiger partial charge in [-0.3, -0.25) is 19.1 Å². The smallest absolute Gasteiger partial charge is 0.275 e. The Morgan fingerprint density at radius 2 is 1.65 bits per heavy atom. The van der Waals surface area contributed by atoms with Crippen LogP contribution in [0.25, 0.3) is 22.4 Å². The lowest BCUT2D eigenvalue weighted by Gasteiger charge is -2.28. The van der Waals surface area contributed by atoms with Gasteiger partial charge in [-0.1, -0.05) is 73.4 Å². The first-order valence-electron chi connectivity index (χ1n) is 11.2. The predicted molar refractivity (Wildman–Crippen MR) is 147 cm³/mol. The van der Waals surface area contributed by atoms with Gasteiger partial charge in [0.2, 0.25) is 0 Å². The van der Waals surface area contributed by atoms with Gasteiger partial charge in [-0.05, 0) is 43.2 Å². The Bertz CT molecular complexity index is 1500. The molecular weight excluding hydrogens is 483 g/mol. The number of thiazole rings is 1. The van der Waals surface area contributed by atoms with Crippen LogP contribution in [-0.4, -0.2) is 32.8 Å². The average Bonchev–Trinajstić information content (AvgIpc) is 3.35. The zero-order valence-corrected chi connectivity index (χ0v) is 21.3. The molecule has 172 valence electrons. The number of nitrogens with zero attached hydrogens (tertiary/aromatic N) is 3. The number of aromatic nitrogens is 1. The molecule has 2 aromatic carbocycles. The molecule has 0 radical (unpaired) electrons. The number of rotatable bonds is 4. The predicted octanol–water partition coefficient (Wildman–Crippen LogP) is 3.94. The van der Waals surface area contributed by atoms with Crippen LogP contribution in [0.4, 0.5) is 5.69 Å². The minimum absolute atomic E-state index is 0.129. The molecule has 1 amide bonds. The topological polar surface area (TPSA) is 45.6 Å². The Morgan fingerprint density at radius 3 is 2.38 bits per heavy atom. The van der Waals surface area contributed by atoms with E-state index in [-0.39, 0.29) is 11.5 Å². The quantitative estimate of drug-likeness (QED) is 0.503. The summed E-state index contributed by atoms with van der Waals surface area (Å²) in [6.45, 7) is 5.38. The number of likely N-dealkylation sites (N-methyl/N-ethyl adjacent to an activating group) is 1. The third-order valence-electron chi connectivity index (χ3n) is 5.79. The number of benzene rings is 2. The number of carbonyl (C=O) groups excluding carboxylic acids is 1. The number of anilines is 1. The van der Waals surface area contributed by atoms with E-state index in [0.29, 0.717) is 31.5 Å². The highest BCUT2D eigenvalue weighted by molar-refractivity contribution is 8.30. The second-order valence-electron chi connectivity index (χ2n) is 7.89. The number of para-hydroxylation sites is 2. The molecule has 1 saturated heterocycles. The maximum Gasteiger partial charge on any atom is 0.275 e. The lowest BCUT2D eigenvalue weighted by molar-refractivity contribution is -0.120. The molecule has 5 nitrogen and oxygen atoms in total. The van der Waals surface area contributed by atoms with Crippen molar-refractivity contribution >= 4 is 67.9 Å². The fourth-order valence-corrected chi connectivity index (χ4v) is 6.87. The fourth-order valence-electron chi connectivity index (χ4n) is 4.25. The molecule has 0 N–H and O–H groups in total. The van der Waals surface area contributed by atoms with Crippen LogP contribution in [0.1, 0.15) is 25.8 Å². The second kappa shape index (κ2) is 9.37. The van der Waals surface area contributed by atoms with E-state index in [1.807, 2.05) is 61.5 Å². The van der Waals surface area contributed by atoms with Crippen molar-refractivity contribution in [2.75, 3.05) is 18.0 Å². The summed E-state index contributed by atoms with van der Waals surface area (Å²) in [5, 5.41) is 0. The first-order valence-corrected chi connectivity index (χ1v) is 13.2. The number of fused-ring (bicyclic) bond motifs is 1. The molecule has 0 saturated carbocycles. The van der Waals surface area contributed by atoms with Gasteiger partial charge in [-0.15, -0.1) is 11.3 Å². The monoisotopic (exact) mass is 505 g/mol. The van der Waals surface area contributed by atoms with Gasteiger partial charge in [-0.2, -0.15) is 0 Å². The molecule has 1 fully saturated rings. The number of amides is 1. The van der Waals surface area contributed by atoms with Gasteiger partial charge in [0, 0.05) is 18.8 Å². The molecule has 2 aliphatic rings. The van der Waals surface area contributed by atoms with Crippen molar-refractivity contribution < 1.29 is 4.79 Å². The number of thioether (sulfide) groups is 1. The molecule has 3 heterocycles. The van der Waals surface area contributed by atoms with Crippen LogP contribution < -0.4 is 19.7 Å². The van der Waals surface area contributed by atoms with E-state index in [1.54, 1.807) is 9.47 Å². The molecule has 0 bridgehead atoms. The number of thiocarbonyl (C=S) groups is 1. The molecule has 0 spiro atoms. The first kappa shape index (κ1) is 22.8. The summed E-state index contributed by atoms with van der Waals surface area (Å²) in [6.07, 6.45) is 4.86. The molecule has 34 heavy (non-hydrogen) atoms. The van der Waals surface area contributed by atoms with Gasteiger partial charge in [0.05, 0.1) is 11.4 Å². The maximum atomic E-state index is 13.9. The summed E-state index contributed by atoms with van der Waals surface area (Å²) < 4.78 is 3.43. The van der Waals surface area contributed by atoms with Gasteiger partial charge in [0.1, 0.15) is 18.4 Å². The van der Waals surface area contributed by atoms with E-state index < -0.39 is 0 Å². The van der Waals surface area contributed by atoms with E-state index in [4.69, 9.17) is 12.2 Å². The van der Waals surface area contributed by atoms with E-state index in [2.05, 4.69) is 24.0 Å². The van der Waals surface area contributed by atoms with Crippen LogP contribution in [0.2, 0.25) is 0 Å². The van der Waals surface area contributed by atoms with E-state index >= 15 is 0 Å². The molecule has 2 aliphatic heterocycles. The molecule has 0 unspecified atom stereocenters. The van der Waals surface area contributed by atoms with Crippen LogP contribution in [0, 0.1) is 0 Å². The highest BCUT2D eigenvalue weighted by Gasteiger charge is 2.34. The lowest BCUT2D eigenvalue weighted by Crippen LogP contribution is -2.36. The SMILES string of the molecule is CCCN1C(=O)C(=c2sc(=C3C=Cc4ccccc4N3CC)c(=O)n2-c2ccccc2)SC1=S. The molecule has 1 aromatic heterocycles. The average molecular weight is 506 g/mol. The van der Waals surface area contributed by atoms with Crippen LogP contribution in [0.15, 0.2) is 65.5 Å². The van der Waals surface area contributed by atoms with Crippen molar-refractivity contribution in [2.45, 2.75) is 20.3 Å². The van der Waals surface area contributed by atoms with Gasteiger partial charge < -0.3 is 4.90 Å². The number of hydrogen-bond donors (Lipinski definition) is 0. The highest BCUT2D eigenvalue weighted by Crippen LogP contribution is 2.32. The molecule has 3 aromatic rings. The van der Waals surface area contributed by atoms with Crippen LogP contribution >= 0.6 is 35.3 Å². The van der Waals surface area contributed by atoms with Crippen molar-refractivity contribution in [3.63, 3.8) is 0 Å². The van der Waals surface area contributed by atoms with Crippen molar-refractivity contribution in [1.82, 2.24) is 9.47 Å². The van der Waals surface area contributed by atoms with Gasteiger partial charge in [0.15, 0.2) is 0 Å². The summed E-state index contributed by atoms with van der Waals surface area (Å²) in [5.41, 5.74) is 3.62. The fraction of sp³-hybridized carbons (Fsp3) is 0.192. The van der Waals surface area contributed by atoms with E-state index in [9.17, 15) is 9.59 Å². The molecule has 0 aliphatic carbocycles. The molecule has 8 heteroatoms. The Hall–Kier alpha value is -2.94. The van der Waals surface area contributed by atoms with Crippen molar-refractivity contribution in [1.29, 1.82) is 0 Å². The van der Waals surface area contributed by atoms with Gasteiger partial charge >= 0.3 is 0 Å². The summed E-state index contributed by atoms with van der Waals surface area (Å²) >= 11 is 8.15. The van der Waals surface area contributed by atoms with Crippen molar-refractivity contribution in [3.8, 4) is 5.69 Å². The third kappa shape index (κ3) is 3.76. The van der Waals surface area contributed by atoms with Crippen molar-refractivity contribution in [2.24, 2.45) is 0 Å². The van der Waals surface area contributed by atoms with Gasteiger partial charge in [0.25, 0.3) is 11.5 Å². The second-order valence-corrected chi connectivity index (χ2v) is 10.5. The molecule has 5 rings (SSSR count). The normalized spacial score (nSPS) is 18.6. The van der Waals surface area contributed by atoms with E-state index in [0.717, 1.165) is 29.1 Å². The molecule has 0 atom stereocenters. The van der Waals surface area contributed by atoms with Crippen molar-refractivity contribution in [3.05, 3.63) is 85.8 Å². The summed E-state index contributed by atoms with van der Waals surface area (Å²) in [5.74, 6) is -0.129. The minimum Gasteiger partial charge on any atom is -0.340 e. The highest BCUT2D eigenvalue weighted by atomic mass is 32.2.